The largest absolute Gasteiger partial charge is 0.456 e. The van der Waals surface area contributed by atoms with Crippen LogP contribution in [0, 0.1) is 0 Å². The van der Waals surface area contributed by atoms with Gasteiger partial charge in [0.1, 0.15) is 24.6 Å². The zero-order chi connectivity index (χ0) is 15.7. The molecule has 1 amide bonds. The Balaban J connectivity index is 1.64. The summed E-state index contributed by atoms with van der Waals surface area (Å²) in [6.07, 6.45) is 0.0648. The third-order valence-electron chi connectivity index (χ3n) is 3.65. The molecule has 0 saturated carbocycles. The third-order valence-corrected chi connectivity index (χ3v) is 3.65. The molecule has 8 nitrogen and oxygen atoms in total. The van der Waals surface area contributed by atoms with Crippen LogP contribution in [-0.4, -0.2) is 63.7 Å². The second kappa shape index (κ2) is 5.91. The molecule has 3 N–H and O–H groups in total. The van der Waals surface area contributed by atoms with Crippen LogP contribution in [0.15, 0.2) is 30.0 Å². The number of amides is 1. The number of esters is 1. The van der Waals surface area contributed by atoms with E-state index in [0.29, 0.717) is 11.3 Å². The molecule has 118 valence electrons. The highest BCUT2D eigenvalue weighted by Gasteiger charge is 2.44. The van der Waals surface area contributed by atoms with E-state index < -0.39 is 30.4 Å². The Morgan fingerprint density at radius 1 is 1.50 bits per heavy atom. The molecule has 1 aromatic rings. The maximum atomic E-state index is 11.9. The molecule has 2 aliphatic rings. The molecule has 3 rings (SSSR count). The van der Waals surface area contributed by atoms with Gasteiger partial charge >= 0.3 is 5.97 Å². The van der Waals surface area contributed by atoms with Crippen molar-refractivity contribution in [1.82, 2.24) is 9.88 Å². The maximum Gasteiger partial charge on any atom is 0.355 e. The number of nitrogens with zero attached hydrogens (tertiary/aromatic N) is 1. The first-order chi connectivity index (χ1) is 10.6. The van der Waals surface area contributed by atoms with E-state index in [-0.39, 0.29) is 19.6 Å². The minimum atomic E-state index is -1.23. The van der Waals surface area contributed by atoms with Gasteiger partial charge < -0.3 is 24.7 Å². The lowest BCUT2D eigenvalue weighted by molar-refractivity contribution is -0.152. The lowest BCUT2D eigenvalue weighted by Crippen LogP contribution is -2.44. The molecule has 1 fully saturated rings. The van der Waals surface area contributed by atoms with E-state index in [1.54, 1.807) is 24.4 Å². The fourth-order valence-electron chi connectivity index (χ4n) is 2.53. The van der Waals surface area contributed by atoms with E-state index in [9.17, 15) is 19.8 Å². The van der Waals surface area contributed by atoms with Crippen LogP contribution in [0.1, 0.15) is 16.9 Å². The lowest BCUT2D eigenvalue weighted by atomic mass is 10.2. The van der Waals surface area contributed by atoms with Crippen molar-refractivity contribution in [2.75, 3.05) is 13.2 Å². The zero-order valence-corrected chi connectivity index (χ0v) is 11.6. The van der Waals surface area contributed by atoms with Crippen molar-refractivity contribution >= 4 is 11.9 Å². The number of nitrogens with one attached hydrogen (secondary N) is 1. The first kappa shape index (κ1) is 14.8. The molecule has 0 aromatic carbocycles. The number of aromatic nitrogens is 1. The van der Waals surface area contributed by atoms with Crippen LogP contribution < -0.4 is 0 Å². The van der Waals surface area contributed by atoms with Crippen molar-refractivity contribution in [1.29, 1.82) is 0 Å². The fourth-order valence-corrected chi connectivity index (χ4v) is 2.53. The molecule has 22 heavy (non-hydrogen) atoms. The number of aliphatic hydroxyl groups excluding tert-OH is 2. The van der Waals surface area contributed by atoms with E-state index in [0.717, 1.165) is 4.90 Å². The number of likely N-dealkylation sites (tertiary alicyclic amines) is 1. The van der Waals surface area contributed by atoms with Crippen molar-refractivity contribution in [3.63, 3.8) is 0 Å². The van der Waals surface area contributed by atoms with Gasteiger partial charge in [0.2, 0.25) is 0 Å². The minimum absolute atomic E-state index is 0.0604. The molecule has 0 aliphatic carbocycles. The first-order valence-electron chi connectivity index (χ1n) is 6.87. The van der Waals surface area contributed by atoms with E-state index in [1.165, 1.54) is 0 Å². The highest BCUT2D eigenvalue weighted by Crippen LogP contribution is 2.27. The molecular formula is C14H16N2O6. The summed E-state index contributed by atoms with van der Waals surface area (Å²) in [7, 11) is 0. The monoisotopic (exact) mass is 308 g/mol. The van der Waals surface area contributed by atoms with Gasteiger partial charge in [-0.25, -0.2) is 4.79 Å². The van der Waals surface area contributed by atoms with Gasteiger partial charge in [0, 0.05) is 18.2 Å². The van der Waals surface area contributed by atoms with E-state index in [4.69, 9.17) is 9.47 Å². The van der Waals surface area contributed by atoms with Crippen molar-refractivity contribution in [2.45, 2.75) is 25.0 Å². The van der Waals surface area contributed by atoms with Gasteiger partial charge in [-0.1, -0.05) is 6.08 Å². The lowest BCUT2D eigenvalue weighted by Gasteiger charge is -2.28. The molecule has 2 aliphatic heterocycles. The number of rotatable bonds is 4. The number of carbonyl (C=O) groups is 2. The van der Waals surface area contributed by atoms with Gasteiger partial charge in [0.15, 0.2) is 6.23 Å². The van der Waals surface area contributed by atoms with Crippen LogP contribution >= 0.6 is 0 Å². The molecule has 0 bridgehead atoms. The van der Waals surface area contributed by atoms with Crippen LogP contribution in [0.3, 0.4) is 0 Å². The molecule has 3 atom stereocenters. The number of hydrogen-bond donors (Lipinski definition) is 3. The van der Waals surface area contributed by atoms with Gasteiger partial charge in [-0.3, -0.25) is 9.69 Å². The summed E-state index contributed by atoms with van der Waals surface area (Å²) in [6, 6.07) is 3.27. The molecular weight excluding hydrogens is 292 g/mol. The van der Waals surface area contributed by atoms with Gasteiger partial charge in [-0.05, 0) is 12.1 Å². The quantitative estimate of drug-likeness (QED) is 0.504. The first-order valence-corrected chi connectivity index (χ1v) is 6.87. The van der Waals surface area contributed by atoms with Crippen molar-refractivity contribution in [2.24, 2.45) is 0 Å². The highest BCUT2D eigenvalue weighted by molar-refractivity contribution is 5.87. The van der Waals surface area contributed by atoms with Crippen molar-refractivity contribution < 1.29 is 29.3 Å². The van der Waals surface area contributed by atoms with Gasteiger partial charge in [-0.15, -0.1) is 0 Å². The summed E-state index contributed by atoms with van der Waals surface area (Å²) in [4.78, 5) is 27.5. The summed E-state index contributed by atoms with van der Waals surface area (Å²) >= 11 is 0. The summed E-state index contributed by atoms with van der Waals surface area (Å²) in [6.45, 7) is 0.182. The van der Waals surface area contributed by atoms with E-state index >= 15 is 0 Å². The summed E-state index contributed by atoms with van der Waals surface area (Å²) in [5, 5.41) is 19.4. The summed E-state index contributed by atoms with van der Waals surface area (Å²) in [5.74, 6) is -1.12. The molecule has 0 radical (unpaired) electrons. The summed E-state index contributed by atoms with van der Waals surface area (Å²) in [5.41, 5.74) is 0.880. The van der Waals surface area contributed by atoms with Crippen molar-refractivity contribution in [3.8, 4) is 0 Å². The van der Waals surface area contributed by atoms with Gasteiger partial charge in [-0.2, -0.15) is 0 Å². The number of H-pyrrole nitrogens is 1. The van der Waals surface area contributed by atoms with Crippen LogP contribution in [-0.2, 0) is 14.3 Å². The molecule has 1 aromatic heterocycles. The Morgan fingerprint density at radius 2 is 2.32 bits per heavy atom. The number of aromatic amines is 1. The fraction of sp³-hybridized carbons (Fsp3) is 0.429. The summed E-state index contributed by atoms with van der Waals surface area (Å²) < 4.78 is 10.6. The minimum Gasteiger partial charge on any atom is -0.456 e. The van der Waals surface area contributed by atoms with E-state index in [1.807, 2.05) is 0 Å². The predicted molar refractivity (Wildman–Crippen MR) is 72.4 cm³/mol. The molecule has 8 heteroatoms. The standard InChI is InChI=1S/C14H16N2O6/c17-10-6-11(18)16(12(10)19)13-8(3-5-21-13)7-22-14(20)9-2-1-4-15-9/h1-4,10-11,13,15,17-18H,5-7H2/t10-,11+,13-/m1/s1. The smallest absolute Gasteiger partial charge is 0.355 e. The second-order valence-electron chi connectivity index (χ2n) is 5.10. The number of aliphatic hydroxyl groups is 2. The Labute approximate surface area is 125 Å². The molecule has 3 heterocycles. The van der Waals surface area contributed by atoms with Crippen LogP contribution in [0.2, 0.25) is 0 Å². The Kier molecular flexibility index (Phi) is 3.97. The number of ether oxygens (including phenoxy) is 2. The molecule has 1 saturated heterocycles. The van der Waals surface area contributed by atoms with Crippen LogP contribution in [0.25, 0.3) is 0 Å². The van der Waals surface area contributed by atoms with Crippen LogP contribution in [0.4, 0.5) is 0 Å². The second-order valence-corrected chi connectivity index (χ2v) is 5.10. The topological polar surface area (TPSA) is 112 Å². The Hall–Kier alpha value is -2.16. The zero-order valence-electron chi connectivity index (χ0n) is 11.6. The molecule has 0 unspecified atom stereocenters. The SMILES string of the molecule is O=C(OCC1=CCO[C@H]1N1C(=O)[C@H](O)C[C@@H]1O)c1ccc[nH]1. The normalized spacial score (nSPS) is 28.1. The average Bonchev–Trinajstić information content (AvgIpc) is 3.20. The number of hydrogen-bond acceptors (Lipinski definition) is 6. The average molecular weight is 308 g/mol. The maximum absolute atomic E-state index is 11.9. The van der Waals surface area contributed by atoms with Crippen LogP contribution in [0.5, 0.6) is 0 Å². The third kappa shape index (κ3) is 2.63. The number of carbonyl (C=O) groups excluding carboxylic acids is 2. The van der Waals surface area contributed by atoms with Gasteiger partial charge in [0.05, 0.1) is 6.61 Å². The van der Waals surface area contributed by atoms with E-state index in [2.05, 4.69) is 4.98 Å². The van der Waals surface area contributed by atoms with Gasteiger partial charge in [0.25, 0.3) is 5.91 Å². The Bertz CT molecular complexity index is 596. The molecule has 0 spiro atoms. The predicted octanol–water partition coefficient (Wildman–Crippen LogP) is -0.634. The van der Waals surface area contributed by atoms with Crippen molar-refractivity contribution in [3.05, 3.63) is 35.7 Å². The highest BCUT2D eigenvalue weighted by atomic mass is 16.5. The Morgan fingerprint density at radius 3 is 2.95 bits per heavy atom.